The number of phenols is 1. The van der Waals surface area contributed by atoms with Crippen LogP contribution >= 0.6 is 0 Å². The van der Waals surface area contributed by atoms with Gasteiger partial charge < -0.3 is 15.4 Å². The van der Waals surface area contributed by atoms with Crippen molar-refractivity contribution >= 4 is 22.5 Å². The molecule has 0 unspecified atom stereocenters. The van der Waals surface area contributed by atoms with E-state index in [1.165, 1.54) is 22.2 Å². The Labute approximate surface area is 212 Å². The summed E-state index contributed by atoms with van der Waals surface area (Å²) >= 11 is 0. The largest absolute Gasteiger partial charge is 0.508 e. The number of carbonyl (C=O) groups is 1. The second kappa shape index (κ2) is 7.95. The van der Waals surface area contributed by atoms with Crippen molar-refractivity contribution < 1.29 is 9.90 Å². The van der Waals surface area contributed by atoms with Crippen molar-refractivity contribution in [3.63, 3.8) is 0 Å². The first kappa shape index (κ1) is 22.1. The molecule has 2 fully saturated rings. The van der Waals surface area contributed by atoms with Crippen LogP contribution in [0.2, 0.25) is 0 Å². The van der Waals surface area contributed by atoms with Gasteiger partial charge in [-0.15, -0.1) is 6.58 Å². The van der Waals surface area contributed by atoms with Crippen LogP contribution in [0.25, 0.3) is 10.9 Å². The van der Waals surface area contributed by atoms with Gasteiger partial charge in [0.25, 0.3) is 0 Å². The number of aromatic amines is 1. The maximum absolute atomic E-state index is 13.5. The SMILES string of the molecule is C=C[C@H]1CN2CC[C@@]3(C(=O)Nc4cc(O)ccc43)[C@@H]2C[C@@H]1C[C@H]1c2[nH]c3ccccc3c2CCN1C. The van der Waals surface area contributed by atoms with Crippen LogP contribution in [-0.2, 0) is 16.6 Å². The van der Waals surface area contributed by atoms with Gasteiger partial charge >= 0.3 is 0 Å². The smallest absolute Gasteiger partial charge is 0.236 e. The highest BCUT2D eigenvalue weighted by Crippen LogP contribution is 2.54. The standard InChI is InChI=1S/C30H34N4O2/c1-3-18-17-34-13-11-30(23-9-8-20(35)16-25(23)32-29(30)36)27(34)15-19(18)14-26-28-22(10-12-33(26)2)21-6-4-5-7-24(21)31-28/h3-9,16,18-19,26-27,31,35H,1,10-15,17H2,2H3,(H,32,36)/t18-,19-,26-,27-,30-/m0/s1. The number of H-pyrrole nitrogens is 1. The summed E-state index contributed by atoms with van der Waals surface area (Å²) in [4.78, 5) is 22.3. The molecule has 5 heterocycles. The van der Waals surface area contributed by atoms with Crippen molar-refractivity contribution in [2.45, 2.75) is 43.2 Å². The lowest BCUT2D eigenvalue weighted by molar-refractivity contribution is -0.122. The highest BCUT2D eigenvalue weighted by atomic mass is 16.3. The van der Waals surface area contributed by atoms with Crippen LogP contribution in [0.3, 0.4) is 0 Å². The summed E-state index contributed by atoms with van der Waals surface area (Å²) in [7, 11) is 2.25. The number of aromatic hydroxyl groups is 1. The van der Waals surface area contributed by atoms with Crippen molar-refractivity contribution in [3.05, 3.63) is 71.9 Å². The summed E-state index contributed by atoms with van der Waals surface area (Å²) < 4.78 is 0. The van der Waals surface area contributed by atoms with Crippen molar-refractivity contribution in [2.75, 3.05) is 32.0 Å². The molecule has 1 spiro atoms. The van der Waals surface area contributed by atoms with E-state index in [1.54, 1.807) is 12.1 Å². The summed E-state index contributed by atoms with van der Waals surface area (Å²) in [6.07, 6.45) is 6.09. The Morgan fingerprint density at radius 3 is 2.94 bits per heavy atom. The zero-order valence-corrected chi connectivity index (χ0v) is 20.8. The zero-order valence-electron chi connectivity index (χ0n) is 20.8. The number of carbonyl (C=O) groups excluding carboxylic acids is 1. The molecule has 1 aromatic heterocycles. The molecule has 0 aliphatic carbocycles. The number of piperidine rings is 1. The fourth-order valence-electron chi connectivity index (χ4n) is 7.93. The summed E-state index contributed by atoms with van der Waals surface area (Å²) in [5, 5.41) is 14.5. The average Bonchev–Trinajstić information content (AvgIpc) is 3.52. The van der Waals surface area contributed by atoms with Gasteiger partial charge in [-0.05, 0) is 74.4 Å². The van der Waals surface area contributed by atoms with E-state index in [1.807, 2.05) is 6.07 Å². The number of likely N-dealkylation sites (N-methyl/N-ethyl adjacent to an activating group) is 1. The van der Waals surface area contributed by atoms with Gasteiger partial charge in [-0.3, -0.25) is 14.6 Å². The Balaban J connectivity index is 1.24. The quantitative estimate of drug-likeness (QED) is 0.478. The Morgan fingerprint density at radius 2 is 2.08 bits per heavy atom. The zero-order chi connectivity index (χ0) is 24.6. The van der Waals surface area contributed by atoms with Gasteiger partial charge in [0.2, 0.25) is 5.91 Å². The van der Waals surface area contributed by atoms with Gasteiger partial charge in [0, 0.05) is 47.5 Å². The van der Waals surface area contributed by atoms with Gasteiger partial charge in [-0.1, -0.05) is 30.3 Å². The van der Waals surface area contributed by atoms with Crippen LogP contribution in [-0.4, -0.2) is 58.5 Å². The number of amides is 1. The third-order valence-corrected chi connectivity index (χ3v) is 9.77. The summed E-state index contributed by atoms with van der Waals surface area (Å²) in [6, 6.07) is 14.6. The van der Waals surface area contributed by atoms with Gasteiger partial charge in [0.1, 0.15) is 5.75 Å². The number of fused-ring (bicyclic) bond motifs is 7. The lowest BCUT2D eigenvalue weighted by atomic mass is 9.68. The first-order chi connectivity index (χ1) is 17.5. The minimum atomic E-state index is -0.530. The van der Waals surface area contributed by atoms with E-state index >= 15 is 0 Å². The lowest BCUT2D eigenvalue weighted by Gasteiger charge is -2.46. The molecule has 5 atom stereocenters. The number of phenolic OH excluding ortho intramolecular Hbond substituents is 1. The Bertz CT molecular complexity index is 1380. The number of hydrogen-bond donors (Lipinski definition) is 3. The number of para-hydroxylation sites is 1. The van der Waals surface area contributed by atoms with E-state index in [0.717, 1.165) is 56.6 Å². The maximum atomic E-state index is 13.5. The normalized spacial score (nSPS) is 31.9. The molecule has 7 rings (SSSR count). The Hall–Kier alpha value is -3.09. The molecule has 2 aromatic carbocycles. The molecule has 4 aliphatic rings. The van der Waals surface area contributed by atoms with E-state index in [4.69, 9.17) is 0 Å². The Kier molecular flexibility index (Phi) is 4.89. The second-order valence-electron chi connectivity index (χ2n) is 11.4. The van der Waals surface area contributed by atoms with Crippen LogP contribution in [0.5, 0.6) is 5.75 Å². The molecule has 0 bridgehead atoms. The molecule has 6 heteroatoms. The highest BCUT2D eigenvalue weighted by molar-refractivity contribution is 6.07. The molecule has 0 saturated carbocycles. The lowest BCUT2D eigenvalue weighted by Crippen LogP contribution is -2.53. The minimum absolute atomic E-state index is 0.0964. The van der Waals surface area contributed by atoms with E-state index in [2.05, 4.69) is 64.1 Å². The minimum Gasteiger partial charge on any atom is -0.508 e. The number of aromatic nitrogens is 1. The molecular weight excluding hydrogens is 448 g/mol. The molecule has 2 saturated heterocycles. The van der Waals surface area contributed by atoms with Crippen LogP contribution in [0, 0.1) is 11.8 Å². The monoisotopic (exact) mass is 482 g/mol. The summed E-state index contributed by atoms with van der Waals surface area (Å²) in [6.45, 7) is 7.17. The molecule has 4 aliphatic heterocycles. The van der Waals surface area contributed by atoms with Crippen LogP contribution < -0.4 is 5.32 Å². The third kappa shape index (κ3) is 3.01. The number of rotatable bonds is 3. The number of anilines is 1. The van der Waals surface area contributed by atoms with E-state index in [9.17, 15) is 9.90 Å². The first-order valence-corrected chi connectivity index (χ1v) is 13.3. The van der Waals surface area contributed by atoms with Crippen LogP contribution in [0.15, 0.2) is 55.1 Å². The molecule has 3 aromatic rings. The third-order valence-electron chi connectivity index (χ3n) is 9.77. The predicted molar refractivity (Wildman–Crippen MR) is 142 cm³/mol. The molecule has 0 radical (unpaired) electrons. The fraction of sp³-hybridized carbons (Fsp3) is 0.433. The molecular formula is C30H34N4O2. The van der Waals surface area contributed by atoms with Gasteiger partial charge in [-0.25, -0.2) is 0 Å². The first-order valence-electron chi connectivity index (χ1n) is 13.3. The Morgan fingerprint density at radius 1 is 1.22 bits per heavy atom. The van der Waals surface area contributed by atoms with Crippen molar-refractivity contribution in [3.8, 4) is 5.75 Å². The maximum Gasteiger partial charge on any atom is 0.236 e. The van der Waals surface area contributed by atoms with Crippen molar-refractivity contribution in [2.24, 2.45) is 11.8 Å². The van der Waals surface area contributed by atoms with Crippen LogP contribution in [0.4, 0.5) is 5.69 Å². The molecule has 1 amide bonds. The number of hydrogen-bond acceptors (Lipinski definition) is 4. The van der Waals surface area contributed by atoms with Crippen LogP contribution in [0.1, 0.15) is 42.1 Å². The number of nitrogens with one attached hydrogen (secondary N) is 2. The van der Waals surface area contributed by atoms with E-state index in [0.29, 0.717) is 17.9 Å². The molecule has 186 valence electrons. The average molecular weight is 483 g/mol. The highest BCUT2D eigenvalue weighted by Gasteiger charge is 2.59. The summed E-state index contributed by atoms with van der Waals surface area (Å²) in [5.41, 5.74) is 5.38. The van der Waals surface area contributed by atoms with Gasteiger partial charge in [-0.2, -0.15) is 0 Å². The van der Waals surface area contributed by atoms with E-state index < -0.39 is 5.41 Å². The topological polar surface area (TPSA) is 71.6 Å². The molecule has 6 nitrogen and oxygen atoms in total. The predicted octanol–water partition coefficient (Wildman–Crippen LogP) is 4.58. The number of nitrogens with zero attached hydrogens (tertiary/aromatic N) is 2. The fourth-order valence-corrected chi connectivity index (χ4v) is 7.93. The van der Waals surface area contributed by atoms with E-state index in [-0.39, 0.29) is 17.7 Å². The summed E-state index contributed by atoms with van der Waals surface area (Å²) in [5.74, 6) is 1.14. The molecule has 36 heavy (non-hydrogen) atoms. The molecule has 3 N–H and O–H groups in total. The van der Waals surface area contributed by atoms with Crippen molar-refractivity contribution in [1.82, 2.24) is 14.8 Å². The van der Waals surface area contributed by atoms with Gasteiger partial charge in [0.05, 0.1) is 11.5 Å². The number of benzene rings is 2. The second-order valence-corrected chi connectivity index (χ2v) is 11.4. The van der Waals surface area contributed by atoms with Gasteiger partial charge in [0.15, 0.2) is 0 Å². The van der Waals surface area contributed by atoms with Crippen molar-refractivity contribution in [1.29, 1.82) is 0 Å².